The van der Waals surface area contributed by atoms with E-state index in [1.807, 2.05) is 0 Å². The molecule has 98 valence electrons. The quantitative estimate of drug-likeness (QED) is 0.682. The van der Waals surface area contributed by atoms with Gasteiger partial charge in [0.05, 0.1) is 0 Å². The van der Waals surface area contributed by atoms with Crippen molar-refractivity contribution in [2.24, 2.45) is 5.41 Å². The zero-order valence-electron chi connectivity index (χ0n) is 11.1. The van der Waals surface area contributed by atoms with E-state index in [9.17, 15) is 4.79 Å². The predicted octanol–water partition coefficient (Wildman–Crippen LogP) is 3.80. The van der Waals surface area contributed by atoms with Gasteiger partial charge in [-0.25, -0.2) is 0 Å². The minimum Gasteiger partial charge on any atom is -0.356 e. The standard InChI is InChI=1S/C15H27NO/c17-14-12-15(13-16-14)10-8-6-4-2-1-3-5-7-9-11-15/h1-13H2,(H,16,17). The largest absolute Gasteiger partial charge is 0.356 e. The van der Waals surface area contributed by atoms with Gasteiger partial charge in [-0.1, -0.05) is 57.8 Å². The molecule has 0 bridgehead atoms. The molecule has 0 unspecified atom stereocenters. The zero-order chi connectivity index (χ0) is 12.0. The number of carbonyl (C=O) groups excluding carboxylic acids is 1. The van der Waals surface area contributed by atoms with Gasteiger partial charge in [-0.2, -0.15) is 0 Å². The number of amides is 1. The van der Waals surface area contributed by atoms with Crippen molar-refractivity contribution in [1.82, 2.24) is 5.32 Å². The molecular weight excluding hydrogens is 210 g/mol. The van der Waals surface area contributed by atoms with Gasteiger partial charge in [0, 0.05) is 13.0 Å². The molecule has 2 heteroatoms. The summed E-state index contributed by atoms with van der Waals surface area (Å²) >= 11 is 0. The van der Waals surface area contributed by atoms with Crippen LogP contribution in [-0.2, 0) is 4.79 Å². The lowest BCUT2D eigenvalue weighted by atomic mass is 9.77. The van der Waals surface area contributed by atoms with Crippen LogP contribution >= 0.6 is 0 Å². The zero-order valence-corrected chi connectivity index (χ0v) is 11.1. The predicted molar refractivity (Wildman–Crippen MR) is 70.8 cm³/mol. The highest BCUT2D eigenvalue weighted by Crippen LogP contribution is 2.38. The normalized spacial score (nSPS) is 27.2. The molecular formula is C15H27NO. The van der Waals surface area contributed by atoms with Gasteiger partial charge in [0.15, 0.2) is 0 Å². The Morgan fingerprint density at radius 3 is 1.65 bits per heavy atom. The topological polar surface area (TPSA) is 29.1 Å². The fraction of sp³-hybridized carbons (Fsp3) is 0.933. The van der Waals surface area contributed by atoms with Crippen LogP contribution in [0.3, 0.4) is 0 Å². The van der Waals surface area contributed by atoms with Crippen molar-refractivity contribution in [2.45, 2.75) is 77.0 Å². The van der Waals surface area contributed by atoms with Crippen LogP contribution in [0.5, 0.6) is 0 Å². The van der Waals surface area contributed by atoms with Gasteiger partial charge in [-0.05, 0) is 18.3 Å². The highest BCUT2D eigenvalue weighted by atomic mass is 16.1. The van der Waals surface area contributed by atoms with Crippen molar-refractivity contribution in [3.05, 3.63) is 0 Å². The van der Waals surface area contributed by atoms with Crippen molar-refractivity contribution in [3.8, 4) is 0 Å². The molecule has 2 rings (SSSR count). The summed E-state index contributed by atoms with van der Waals surface area (Å²) in [5.41, 5.74) is 0.330. The number of carbonyl (C=O) groups is 1. The van der Waals surface area contributed by atoms with Crippen LogP contribution in [0.2, 0.25) is 0 Å². The molecule has 0 aromatic rings. The summed E-state index contributed by atoms with van der Waals surface area (Å²) in [5.74, 6) is 0.289. The van der Waals surface area contributed by atoms with Crippen molar-refractivity contribution in [2.75, 3.05) is 6.54 Å². The Labute approximate surface area is 106 Å². The van der Waals surface area contributed by atoms with Crippen LogP contribution in [-0.4, -0.2) is 12.5 Å². The Bertz CT molecular complexity index is 237. The number of hydrogen-bond donors (Lipinski definition) is 1. The first kappa shape index (κ1) is 12.9. The molecule has 0 atom stereocenters. The third kappa shape index (κ3) is 4.01. The fourth-order valence-electron chi connectivity index (χ4n) is 3.47. The highest BCUT2D eigenvalue weighted by Gasteiger charge is 2.37. The minimum atomic E-state index is 0.289. The molecule has 2 fully saturated rings. The Morgan fingerprint density at radius 2 is 1.24 bits per heavy atom. The number of hydrogen-bond acceptors (Lipinski definition) is 1. The van der Waals surface area contributed by atoms with Crippen LogP contribution in [0.1, 0.15) is 77.0 Å². The monoisotopic (exact) mass is 237 g/mol. The molecule has 2 nitrogen and oxygen atoms in total. The van der Waals surface area contributed by atoms with Gasteiger partial charge >= 0.3 is 0 Å². The first-order chi connectivity index (χ1) is 8.31. The minimum absolute atomic E-state index is 0.289. The maximum Gasteiger partial charge on any atom is 0.220 e. The molecule has 0 aromatic carbocycles. The van der Waals surface area contributed by atoms with E-state index in [4.69, 9.17) is 0 Å². The summed E-state index contributed by atoms with van der Waals surface area (Å²) in [5, 5.41) is 3.05. The van der Waals surface area contributed by atoms with E-state index >= 15 is 0 Å². The maximum atomic E-state index is 11.5. The second kappa shape index (κ2) is 6.42. The molecule has 2 aliphatic rings. The van der Waals surface area contributed by atoms with Crippen molar-refractivity contribution in [1.29, 1.82) is 0 Å². The highest BCUT2D eigenvalue weighted by molar-refractivity contribution is 5.79. The lowest BCUT2D eigenvalue weighted by Crippen LogP contribution is -2.24. The van der Waals surface area contributed by atoms with E-state index in [1.165, 1.54) is 70.6 Å². The summed E-state index contributed by atoms with van der Waals surface area (Å²) in [4.78, 5) is 11.5. The lowest BCUT2D eigenvalue weighted by molar-refractivity contribution is -0.119. The van der Waals surface area contributed by atoms with E-state index in [1.54, 1.807) is 0 Å². The van der Waals surface area contributed by atoms with E-state index < -0.39 is 0 Å². The summed E-state index contributed by atoms with van der Waals surface area (Å²) in [6.45, 7) is 0.950. The maximum absolute atomic E-state index is 11.5. The molecule has 1 aliphatic carbocycles. The Morgan fingerprint density at radius 1 is 0.765 bits per heavy atom. The molecule has 0 aromatic heterocycles. The fourth-order valence-corrected chi connectivity index (χ4v) is 3.47. The second-order valence-corrected chi connectivity index (χ2v) is 6.14. The lowest BCUT2D eigenvalue weighted by Gasteiger charge is -2.27. The van der Waals surface area contributed by atoms with Gasteiger partial charge in [-0.3, -0.25) is 4.79 Å². The van der Waals surface area contributed by atoms with Crippen LogP contribution < -0.4 is 5.32 Å². The van der Waals surface area contributed by atoms with Gasteiger partial charge in [0.2, 0.25) is 5.91 Å². The van der Waals surface area contributed by atoms with Crippen molar-refractivity contribution < 1.29 is 4.79 Å². The summed E-state index contributed by atoms with van der Waals surface area (Å²) in [6, 6.07) is 0. The summed E-state index contributed by atoms with van der Waals surface area (Å²) in [6.07, 6.45) is 15.8. The second-order valence-electron chi connectivity index (χ2n) is 6.14. The van der Waals surface area contributed by atoms with Gasteiger partial charge in [0.25, 0.3) is 0 Å². The Hall–Kier alpha value is -0.530. The average molecular weight is 237 g/mol. The Balaban J connectivity index is 1.86. The van der Waals surface area contributed by atoms with Gasteiger partial charge in [-0.15, -0.1) is 0 Å². The Kier molecular flexibility index (Phi) is 4.87. The summed E-state index contributed by atoms with van der Waals surface area (Å²) < 4.78 is 0. The SMILES string of the molecule is O=C1CC2(CCCCCCCCCCC2)CN1. The molecule has 1 saturated heterocycles. The van der Waals surface area contributed by atoms with Gasteiger partial charge < -0.3 is 5.32 Å². The van der Waals surface area contributed by atoms with E-state index in [-0.39, 0.29) is 5.91 Å². The van der Waals surface area contributed by atoms with Crippen LogP contribution in [0.15, 0.2) is 0 Å². The molecule has 17 heavy (non-hydrogen) atoms. The van der Waals surface area contributed by atoms with Crippen LogP contribution in [0, 0.1) is 5.41 Å². The van der Waals surface area contributed by atoms with Crippen LogP contribution in [0.25, 0.3) is 0 Å². The van der Waals surface area contributed by atoms with E-state index in [0.717, 1.165) is 13.0 Å². The summed E-state index contributed by atoms with van der Waals surface area (Å²) in [7, 11) is 0. The van der Waals surface area contributed by atoms with Crippen molar-refractivity contribution >= 4 is 5.91 Å². The molecule has 1 N–H and O–H groups in total. The van der Waals surface area contributed by atoms with E-state index in [2.05, 4.69) is 5.32 Å². The molecule has 0 radical (unpaired) electrons. The van der Waals surface area contributed by atoms with E-state index in [0.29, 0.717) is 5.41 Å². The van der Waals surface area contributed by atoms with Gasteiger partial charge in [0.1, 0.15) is 0 Å². The third-order valence-electron chi connectivity index (χ3n) is 4.61. The average Bonchev–Trinajstić information content (AvgIpc) is 2.66. The van der Waals surface area contributed by atoms with Crippen LogP contribution in [0.4, 0.5) is 0 Å². The molecule has 1 aliphatic heterocycles. The third-order valence-corrected chi connectivity index (χ3v) is 4.61. The molecule has 1 spiro atoms. The molecule has 1 amide bonds. The first-order valence-corrected chi connectivity index (χ1v) is 7.58. The number of rotatable bonds is 0. The first-order valence-electron chi connectivity index (χ1n) is 7.58. The van der Waals surface area contributed by atoms with Crippen molar-refractivity contribution in [3.63, 3.8) is 0 Å². The number of nitrogens with one attached hydrogen (secondary N) is 1. The molecule has 1 saturated carbocycles. The smallest absolute Gasteiger partial charge is 0.220 e. The molecule has 1 heterocycles.